The third kappa shape index (κ3) is 6.39. The van der Waals surface area contributed by atoms with Crippen LogP contribution in [0.5, 0.6) is 5.75 Å². The number of rotatable bonds is 8. The van der Waals surface area contributed by atoms with Crippen LogP contribution in [0.25, 0.3) is 0 Å². The molecule has 2 N–H and O–H groups in total. The standard InChI is InChI=1S/C30H42O6/c1-5-26(35-27-11-6-18(2)14-20(27)4)30(33)36-28-17-23(32)15-21-8-7-19(3)25(29(21)28)10-9-24-16-22(31)12-13-34-24/h6-8,11,14-15,19,22-26,28-29,31-32H,5,9-10,12-13,16-17H2,1-4H3/t19-,22+,23+,24+,25-,26?,28-,29-/m0/s1. The van der Waals surface area contributed by atoms with Gasteiger partial charge in [-0.25, -0.2) is 4.79 Å². The van der Waals surface area contributed by atoms with Crippen molar-refractivity contribution in [3.8, 4) is 5.75 Å². The van der Waals surface area contributed by atoms with E-state index in [1.807, 2.05) is 45.0 Å². The van der Waals surface area contributed by atoms with Gasteiger partial charge in [0.05, 0.1) is 18.3 Å². The van der Waals surface area contributed by atoms with E-state index in [1.54, 1.807) is 0 Å². The number of aliphatic hydroxyl groups excluding tert-OH is 2. The number of benzene rings is 1. The first-order valence-corrected chi connectivity index (χ1v) is 13.6. The molecule has 0 saturated carbocycles. The number of hydrogen-bond acceptors (Lipinski definition) is 6. The van der Waals surface area contributed by atoms with Crippen molar-refractivity contribution in [2.24, 2.45) is 17.8 Å². The Labute approximate surface area is 215 Å². The van der Waals surface area contributed by atoms with Crippen LogP contribution < -0.4 is 4.74 Å². The molecule has 3 aliphatic rings. The predicted octanol–water partition coefficient (Wildman–Crippen LogP) is 4.82. The molecule has 1 aliphatic heterocycles. The van der Waals surface area contributed by atoms with E-state index in [0.717, 1.165) is 29.5 Å². The zero-order valence-electron chi connectivity index (χ0n) is 22.1. The van der Waals surface area contributed by atoms with Gasteiger partial charge in [0.1, 0.15) is 11.9 Å². The number of carbonyl (C=O) groups is 1. The van der Waals surface area contributed by atoms with Gasteiger partial charge in [0.2, 0.25) is 0 Å². The average Bonchev–Trinajstić information content (AvgIpc) is 2.83. The van der Waals surface area contributed by atoms with Gasteiger partial charge in [-0.05, 0) is 75.0 Å². The molecular weight excluding hydrogens is 456 g/mol. The molecule has 0 spiro atoms. The van der Waals surface area contributed by atoms with Crippen molar-refractivity contribution in [1.82, 2.24) is 0 Å². The second kappa shape index (κ2) is 11.9. The first-order chi connectivity index (χ1) is 17.2. The highest BCUT2D eigenvalue weighted by Gasteiger charge is 2.43. The van der Waals surface area contributed by atoms with Gasteiger partial charge in [0, 0.05) is 18.9 Å². The van der Waals surface area contributed by atoms with E-state index in [2.05, 4.69) is 19.1 Å². The van der Waals surface area contributed by atoms with Gasteiger partial charge >= 0.3 is 5.97 Å². The molecule has 8 atom stereocenters. The second-order valence-electron chi connectivity index (χ2n) is 10.9. The van der Waals surface area contributed by atoms with Gasteiger partial charge in [0.25, 0.3) is 0 Å². The van der Waals surface area contributed by atoms with Crippen LogP contribution in [-0.2, 0) is 14.3 Å². The maximum atomic E-state index is 13.3. The van der Waals surface area contributed by atoms with E-state index in [-0.39, 0.29) is 30.0 Å². The summed E-state index contributed by atoms with van der Waals surface area (Å²) < 4.78 is 18.1. The molecule has 1 aromatic carbocycles. The van der Waals surface area contributed by atoms with Gasteiger partial charge in [-0.3, -0.25) is 0 Å². The lowest BCUT2D eigenvalue weighted by atomic mass is 9.66. The summed E-state index contributed by atoms with van der Waals surface area (Å²) in [5, 5.41) is 20.6. The Bertz CT molecular complexity index is 968. The Morgan fingerprint density at radius 1 is 1.19 bits per heavy atom. The fourth-order valence-corrected chi connectivity index (χ4v) is 6.03. The topological polar surface area (TPSA) is 85.2 Å². The summed E-state index contributed by atoms with van der Waals surface area (Å²) in [4.78, 5) is 13.3. The van der Waals surface area contributed by atoms with E-state index in [9.17, 15) is 15.0 Å². The first-order valence-electron chi connectivity index (χ1n) is 13.6. The molecule has 1 saturated heterocycles. The number of hydrogen-bond donors (Lipinski definition) is 2. The van der Waals surface area contributed by atoms with Crippen LogP contribution in [0.15, 0.2) is 42.0 Å². The lowest BCUT2D eigenvalue weighted by molar-refractivity contribution is -0.163. The van der Waals surface area contributed by atoms with Crippen molar-refractivity contribution in [3.63, 3.8) is 0 Å². The molecule has 1 aromatic rings. The molecule has 0 radical (unpaired) electrons. The molecule has 198 valence electrons. The zero-order valence-corrected chi connectivity index (χ0v) is 22.1. The minimum Gasteiger partial charge on any atom is -0.478 e. The summed E-state index contributed by atoms with van der Waals surface area (Å²) >= 11 is 0. The lowest BCUT2D eigenvalue weighted by Gasteiger charge is -2.43. The van der Waals surface area contributed by atoms with Crippen molar-refractivity contribution in [3.05, 3.63) is 53.1 Å². The maximum Gasteiger partial charge on any atom is 0.347 e. The Morgan fingerprint density at radius 3 is 2.72 bits per heavy atom. The molecular formula is C30H42O6. The van der Waals surface area contributed by atoms with Gasteiger partial charge in [-0.15, -0.1) is 0 Å². The molecule has 6 heteroatoms. The highest BCUT2D eigenvalue weighted by molar-refractivity contribution is 5.75. The minimum atomic E-state index is -0.704. The molecule has 0 aromatic heterocycles. The normalized spacial score (nSPS) is 32.8. The number of allylic oxidation sites excluding steroid dienone is 2. The van der Waals surface area contributed by atoms with E-state index in [0.29, 0.717) is 44.0 Å². The van der Waals surface area contributed by atoms with Crippen LogP contribution in [0.2, 0.25) is 0 Å². The molecule has 0 bridgehead atoms. The summed E-state index contributed by atoms with van der Waals surface area (Å²) in [7, 11) is 0. The van der Waals surface area contributed by atoms with Crippen LogP contribution in [0.1, 0.15) is 63.5 Å². The third-order valence-electron chi connectivity index (χ3n) is 8.04. The molecule has 6 nitrogen and oxygen atoms in total. The quantitative estimate of drug-likeness (QED) is 0.500. The van der Waals surface area contributed by atoms with Gasteiger partial charge in [0.15, 0.2) is 6.10 Å². The summed E-state index contributed by atoms with van der Waals surface area (Å²) in [6.07, 6.45) is 8.22. The van der Waals surface area contributed by atoms with Gasteiger partial charge < -0.3 is 24.4 Å². The molecule has 4 rings (SSSR count). The number of fused-ring (bicyclic) bond motifs is 1. The number of carbonyl (C=O) groups excluding carboxylic acids is 1. The van der Waals surface area contributed by atoms with Crippen LogP contribution in [0, 0.1) is 31.6 Å². The van der Waals surface area contributed by atoms with Crippen molar-refractivity contribution in [2.75, 3.05) is 6.61 Å². The van der Waals surface area contributed by atoms with E-state index < -0.39 is 18.3 Å². The van der Waals surface area contributed by atoms with Crippen molar-refractivity contribution in [1.29, 1.82) is 0 Å². The highest BCUT2D eigenvalue weighted by Crippen LogP contribution is 2.44. The number of aryl methyl sites for hydroxylation is 2. The molecule has 1 unspecified atom stereocenters. The monoisotopic (exact) mass is 498 g/mol. The average molecular weight is 499 g/mol. The van der Waals surface area contributed by atoms with Crippen LogP contribution in [-0.4, -0.2) is 53.3 Å². The van der Waals surface area contributed by atoms with Crippen molar-refractivity contribution < 1.29 is 29.2 Å². The molecule has 1 heterocycles. The summed E-state index contributed by atoms with van der Waals surface area (Å²) in [5.74, 6) is 0.899. The Kier molecular flexibility index (Phi) is 8.91. The van der Waals surface area contributed by atoms with Crippen LogP contribution >= 0.6 is 0 Å². The molecule has 1 fully saturated rings. The first kappa shape index (κ1) is 26.9. The SMILES string of the molecule is CCC(Oc1ccc(C)cc1C)C(=O)O[C@H]1C[C@H](O)C=C2C=C[C@H](C)[C@H](CC[C@@H]3C[C@H](O)CCO3)[C@H]21. The Morgan fingerprint density at radius 2 is 2.00 bits per heavy atom. The van der Waals surface area contributed by atoms with E-state index in [1.165, 1.54) is 0 Å². The summed E-state index contributed by atoms with van der Waals surface area (Å²) in [6, 6.07) is 5.92. The number of ether oxygens (including phenoxy) is 3. The van der Waals surface area contributed by atoms with Crippen LogP contribution in [0.4, 0.5) is 0 Å². The maximum absolute atomic E-state index is 13.3. The van der Waals surface area contributed by atoms with Crippen molar-refractivity contribution >= 4 is 5.97 Å². The molecule has 2 aliphatic carbocycles. The second-order valence-corrected chi connectivity index (χ2v) is 10.9. The lowest BCUT2D eigenvalue weighted by Crippen LogP contribution is -2.44. The smallest absolute Gasteiger partial charge is 0.347 e. The van der Waals surface area contributed by atoms with Crippen LogP contribution in [0.3, 0.4) is 0 Å². The highest BCUT2D eigenvalue weighted by atomic mass is 16.6. The fraction of sp³-hybridized carbons (Fsp3) is 0.633. The summed E-state index contributed by atoms with van der Waals surface area (Å²) in [5.41, 5.74) is 3.17. The molecule has 0 amide bonds. The van der Waals surface area contributed by atoms with Gasteiger partial charge in [-0.1, -0.05) is 49.8 Å². The minimum absolute atomic E-state index is 0.0180. The van der Waals surface area contributed by atoms with Gasteiger partial charge in [-0.2, -0.15) is 0 Å². The largest absolute Gasteiger partial charge is 0.478 e. The zero-order chi connectivity index (χ0) is 25.8. The Balaban J connectivity index is 1.47. The fourth-order valence-electron chi connectivity index (χ4n) is 6.03. The Hall–Kier alpha value is -2.15. The number of aliphatic hydroxyl groups is 2. The molecule has 36 heavy (non-hydrogen) atoms. The van der Waals surface area contributed by atoms with E-state index >= 15 is 0 Å². The third-order valence-corrected chi connectivity index (χ3v) is 8.04. The van der Waals surface area contributed by atoms with Crippen molar-refractivity contribution in [2.45, 2.75) is 96.7 Å². The van der Waals surface area contributed by atoms with E-state index in [4.69, 9.17) is 14.2 Å². The number of esters is 1. The summed E-state index contributed by atoms with van der Waals surface area (Å²) in [6.45, 7) is 8.73. The predicted molar refractivity (Wildman–Crippen MR) is 139 cm³/mol.